The van der Waals surface area contributed by atoms with Crippen LogP contribution >= 0.6 is 0 Å². The second kappa shape index (κ2) is 12.9. The van der Waals surface area contributed by atoms with E-state index in [1.54, 1.807) is 7.11 Å². The lowest BCUT2D eigenvalue weighted by molar-refractivity contribution is 0.180. The summed E-state index contributed by atoms with van der Waals surface area (Å²) in [6.45, 7) is 7.19. The summed E-state index contributed by atoms with van der Waals surface area (Å²) in [7, 11) is 3.87. The van der Waals surface area contributed by atoms with Crippen LogP contribution in [0, 0.1) is 0 Å². The maximum atomic E-state index is 5.10. The molecule has 28 heavy (non-hydrogen) atoms. The van der Waals surface area contributed by atoms with Crippen molar-refractivity contribution in [1.29, 1.82) is 0 Å². The zero-order valence-corrected chi connectivity index (χ0v) is 17.3. The summed E-state index contributed by atoms with van der Waals surface area (Å²) >= 11 is 0. The van der Waals surface area contributed by atoms with E-state index in [0.717, 1.165) is 62.0 Å². The van der Waals surface area contributed by atoms with Crippen LogP contribution in [0.4, 0.5) is 0 Å². The van der Waals surface area contributed by atoms with Crippen molar-refractivity contribution in [3.63, 3.8) is 0 Å². The molecule has 2 aromatic rings. The van der Waals surface area contributed by atoms with Gasteiger partial charge in [0.05, 0.1) is 12.2 Å². The lowest BCUT2D eigenvalue weighted by atomic mass is 10.1. The van der Waals surface area contributed by atoms with Gasteiger partial charge in [0, 0.05) is 51.7 Å². The second-order valence-corrected chi connectivity index (χ2v) is 6.69. The fraction of sp³-hybridized carbons (Fsp3) is 0.455. The third kappa shape index (κ3) is 8.06. The van der Waals surface area contributed by atoms with Gasteiger partial charge in [-0.1, -0.05) is 24.3 Å². The number of guanidine groups is 1. The molecule has 0 fully saturated rings. The van der Waals surface area contributed by atoms with Gasteiger partial charge in [-0.3, -0.25) is 4.98 Å². The van der Waals surface area contributed by atoms with E-state index in [1.165, 1.54) is 0 Å². The van der Waals surface area contributed by atoms with Crippen LogP contribution in [0.15, 0.2) is 53.7 Å². The zero-order chi connectivity index (χ0) is 20.0. The van der Waals surface area contributed by atoms with E-state index in [4.69, 9.17) is 9.73 Å². The summed E-state index contributed by atoms with van der Waals surface area (Å²) in [5, 5.41) is 6.73. The van der Waals surface area contributed by atoms with Gasteiger partial charge >= 0.3 is 0 Å². The first-order valence-electron chi connectivity index (χ1n) is 9.93. The molecular weight excluding hydrogens is 350 g/mol. The van der Waals surface area contributed by atoms with Gasteiger partial charge in [0.2, 0.25) is 0 Å². The number of benzene rings is 1. The number of nitrogens with one attached hydrogen (secondary N) is 2. The van der Waals surface area contributed by atoms with Crippen LogP contribution in [0.3, 0.4) is 0 Å². The van der Waals surface area contributed by atoms with E-state index in [0.29, 0.717) is 6.54 Å². The number of aliphatic imine (C=N–C) groups is 1. The highest BCUT2D eigenvalue weighted by Gasteiger charge is 2.02. The van der Waals surface area contributed by atoms with E-state index in [-0.39, 0.29) is 0 Å². The maximum absolute atomic E-state index is 5.10. The molecule has 6 nitrogen and oxygen atoms in total. The highest BCUT2D eigenvalue weighted by atomic mass is 16.5. The molecule has 0 spiro atoms. The molecule has 0 bridgehead atoms. The Kier molecular flexibility index (Phi) is 10.0. The molecule has 0 saturated carbocycles. The third-order valence-corrected chi connectivity index (χ3v) is 4.33. The smallest absolute Gasteiger partial charge is 0.191 e. The fourth-order valence-electron chi connectivity index (χ4n) is 2.83. The van der Waals surface area contributed by atoms with Gasteiger partial charge in [-0.05, 0) is 44.2 Å². The van der Waals surface area contributed by atoms with E-state index < -0.39 is 0 Å². The minimum absolute atomic E-state index is 0.625. The molecule has 0 aliphatic heterocycles. The van der Waals surface area contributed by atoms with Crippen LogP contribution < -0.4 is 10.6 Å². The largest absolute Gasteiger partial charge is 0.385 e. The Balaban J connectivity index is 1.88. The summed E-state index contributed by atoms with van der Waals surface area (Å²) in [4.78, 5) is 11.4. The minimum atomic E-state index is 0.625. The van der Waals surface area contributed by atoms with Crippen LogP contribution in [0.1, 0.15) is 18.9 Å². The van der Waals surface area contributed by atoms with Crippen molar-refractivity contribution in [3.8, 4) is 11.3 Å². The number of hydrogen-bond acceptors (Lipinski definition) is 4. The average Bonchev–Trinajstić information content (AvgIpc) is 2.73. The van der Waals surface area contributed by atoms with Crippen LogP contribution in [-0.2, 0) is 11.3 Å². The molecule has 6 heteroatoms. The molecule has 0 amide bonds. The summed E-state index contributed by atoms with van der Waals surface area (Å²) < 4.78 is 5.10. The first-order chi connectivity index (χ1) is 13.7. The Morgan fingerprint density at radius 2 is 2.04 bits per heavy atom. The molecule has 1 aromatic heterocycles. The number of ether oxygens (including phenoxy) is 1. The number of pyridine rings is 1. The molecule has 1 aromatic carbocycles. The Morgan fingerprint density at radius 1 is 1.14 bits per heavy atom. The average molecular weight is 384 g/mol. The van der Waals surface area contributed by atoms with Crippen molar-refractivity contribution in [2.24, 2.45) is 4.99 Å². The van der Waals surface area contributed by atoms with Crippen LogP contribution in [0.2, 0.25) is 0 Å². The van der Waals surface area contributed by atoms with Gasteiger partial charge in [-0.15, -0.1) is 0 Å². The quantitative estimate of drug-likeness (QED) is 0.355. The van der Waals surface area contributed by atoms with Crippen molar-refractivity contribution in [3.05, 3.63) is 54.2 Å². The monoisotopic (exact) mass is 383 g/mol. The van der Waals surface area contributed by atoms with Gasteiger partial charge < -0.3 is 20.3 Å². The minimum Gasteiger partial charge on any atom is -0.385 e. The Bertz CT molecular complexity index is 705. The summed E-state index contributed by atoms with van der Waals surface area (Å²) in [6, 6.07) is 14.4. The predicted octanol–water partition coefficient (Wildman–Crippen LogP) is 2.77. The van der Waals surface area contributed by atoms with Crippen molar-refractivity contribution in [2.45, 2.75) is 19.9 Å². The van der Waals surface area contributed by atoms with E-state index >= 15 is 0 Å². The molecule has 0 unspecified atom stereocenters. The van der Waals surface area contributed by atoms with E-state index in [9.17, 15) is 0 Å². The first-order valence-corrected chi connectivity index (χ1v) is 9.93. The molecule has 0 radical (unpaired) electrons. The molecule has 152 valence electrons. The molecule has 0 aliphatic carbocycles. The highest BCUT2D eigenvalue weighted by molar-refractivity contribution is 5.79. The predicted molar refractivity (Wildman–Crippen MR) is 116 cm³/mol. The number of aromatic nitrogens is 1. The van der Waals surface area contributed by atoms with Crippen molar-refractivity contribution in [1.82, 2.24) is 20.5 Å². The maximum Gasteiger partial charge on any atom is 0.191 e. The molecule has 0 atom stereocenters. The van der Waals surface area contributed by atoms with Crippen molar-refractivity contribution >= 4 is 5.96 Å². The number of rotatable bonds is 11. The molecule has 0 saturated heterocycles. The van der Waals surface area contributed by atoms with Gasteiger partial charge in [0.25, 0.3) is 0 Å². The Morgan fingerprint density at radius 3 is 2.79 bits per heavy atom. The summed E-state index contributed by atoms with van der Waals surface area (Å²) in [5.74, 6) is 0.844. The Labute approximate surface area is 169 Å². The van der Waals surface area contributed by atoms with Crippen LogP contribution in [0.25, 0.3) is 11.3 Å². The van der Waals surface area contributed by atoms with Gasteiger partial charge in [-0.25, -0.2) is 4.99 Å². The first kappa shape index (κ1) is 21.9. The van der Waals surface area contributed by atoms with Gasteiger partial charge in [-0.2, -0.15) is 0 Å². The zero-order valence-electron chi connectivity index (χ0n) is 17.3. The topological polar surface area (TPSA) is 61.8 Å². The number of hydrogen-bond donors (Lipinski definition) is 2. The molecular formula is C22H33N5O. The molecule has 0 aliphatic rings. The Hall–Kier alpha value is -2.44. The number of methoxy groups -OCH3 is 1. The number of nitrogens with zero attached hydrogens (tertiary/aromatic N) is 3. The lowest BCUT2D eigenvalue weighted by Crippen LogP contribution is -2.41. The normalized spacial score (nSPS) is 11.6. The van der Waals surface area contributed by atoms with Crippen LogP contribution in [0.5, 0.6) is 0 Å². The third-order valence-electron chi connectivity index (χ3n) is 4.33. The molecule has 2 rings (SSSR count). The summed E-state index contributed by atoms with van der Waals surface area (Å²) in [6.07, 6.45) is 2.87. The second-order valence-electron chi connectivity index (χ2n) is 6.69. The molecule has 2 N–H and O–H groups in total. The lowest BCUT2D eigenvalue weighted by Gasteiger charge is -2.18. The molecule has 1 heterocycles. The van der Waals surface area contributed by atoms with Crippen molar-refractivity contribution in [2.75, 3.05) is 46.9 Å². The van der Waals surface area contributed by atoms with E-state index in [1.807, 2.05) is 24.4 Å². The van der Waals surface area contributed by atoms with Gasteiger partial charge in [0.1, 0.15) is 0 Å². The van der Waals surface area contributed by atoms with Gasteiger partial charge in [0.15, 0.2) is 5.96 Å². The van der Waals surface area contributed by atoms with Crippen LogP contribution in [-0.4, -0.2) is 62.8 Å². The van der Waals surface area contributed by atoms with E-state index in [2.05, 4.69) is 58.8 Å². The highest BCUT2D eigenvalue weighted by Crippen LogP contribution is 2.18. The fourth-order valence-corrected chi connectivity index (χ4v) is 2.83. The number of likely N-dealkylation sites (N-methyl/N-ethyl adjacent to an activating group) is 1. The van der Waals surface area contributed by atoms with Crippen molar-refractivity contribution < 1.29 is 4.74 Å². The summed E-state index contributed by atoms with van der Waals surface area (Å²) in [5.41, 5.74) is 3.26. The SMILES string of the molecule is CCNC(=NCc1cccc(-c2ccccn2)c1)NCCN(C)CCCOC. The standard InChI is InChI=1S/C22H33N5O/c1-4-23-22(25-13-15-27(2)14-8-16-28-3)26-18-19-9-7-10-20(17-19)21-11-5-6-12-24-21/h5-7,9-12,17H,4,8,13-16,18H2,1-3H3,(H2,23,25,26).